The van der Waals surface area contributed by atoms with Crippen LogP contribution < -0.4 is 5.73 Å². The van der Waals surface area contributed by atoms with Gasteiger partial charge in [0.15, 0.2) is 5.58 Å². The van der Waals surface area contributed by atoms with Crippen molar-refractivity contribution in [2.45, 2.75) is 0 Å². The summed E-state index contributed by atoms with van der Waals surface area (Å²) >= 11 is 0. The summed E-state index contributed by atoms with van der Waals surface area (Å²) < 4.78 is 5.65. The molecule has 76 valence electrons. The number of nitrogens with two attached hydrogens (primary N) is 1. The van der Waals surface area contributed by atoms with Crippen LogP contribution in [0.2, 0.25) is 0 Å². The van der Waals surface area contributed by atoms with Gasteiger partial charge < -0.3 is 10.2 Å². The molecular weight excluding hydrogens is 200 g/mol. The number of nitrogen functional groups attached to an aromatic ring is 1. The second kappa shape index (κ2) is 3.01. The second-order valence-corrected chi connectivity index (χ2v) is 3.65. The highest BCUT2D eigenvalue weighted by Crippen LogP contribution is 2.31. The van der Waals surface area contributed by atoms with Gasteiger partial charge in [-0.15, -0.1) is 0 Å². The van der Waals surface area contributed by atoms with Gasteiger partial charge in [0.2, 0.25) is 0 Å². The summed E-state index contributed by atoms with van der Waals surface area (Å²) in [6.45, 7) is 0. The summed E-state index contributed by atoms with van der Waals surface area (Å²) in [7, 11) is 0. The summed E-state index contributed by atoms with van der Waals surface area (Å²) in [5, 5.41) is 10.9. The van der Waals surface area contributed by atoms with Gasteiger partial charge in [0.25, 0.3) is 0 Å². The molecular formula is C13H8N2O. The van der Waals surface area contributed by atoms with Crippen LogP contribution in [-0.4, -0.2) is 0 Å². The van der Waals surface area contributed by atoms with Gasteiger partial charge in [0, 0.05) is 22.5 Å². The maximum atomic E-state index is 8.98. The van der Waals surface area contributed by atoms with Gasteiger partial charge in [-0.3, -0.25) is 0 Å². The predicted molar refractivity (Wildman–Crippen MR) is 62.8 cm³/mol. The predicted octanol–water partition coefficient (Wildman–Crippen LogP) is 3.04. The van der Waals surface area contributed by atoms with E-state index < -0.39 is 0 Å². The molecule has 2 N–H and O–H groups in total. The molecule has 0 aliphatic heterocycles. The minimum Gasteiger partial charge on any atom is -0.455 e. The zero-order valence-corrected chi connectivity index (χ0v) is 8.40. The minimum atomic E-state index is 0.548. The Hall–Kier alpha value is -2.47. The molecule has 1 heterocycles. The van der Waals surface area contributed by atoms with E-state index in [1.807, 2.05) is 24.3 Å². The fourth-order valence-electron chi connectivity index (χ4n) is 1.90. The third-order valence-electron chi connectivity index (χ3n) is 2.64. The molecule has 3 rings (SSSR count). The minimum absolute atomic E-state index is 0.548. The SMILES string of the molecule is N#Cc1cccc2c1oc1cc(N)ccc12. The van der Waals surface area contributed by atoms with E-state index in [9.17, 15) is 0 Å². The van der Waals surface area contributed by atoms with E-state index in [0.29, 0.717) is 16.8 Å². The fourth-order valence-corrected chi connectivity index (χ4v) is 1.90. The molecule has 3 heteroatoms. The van der Waals surface area contributed by atoms with Crippen LogP contribution in [0.5, 0.6) is 0 Å². The highest BCUT2D eigenvalue weighted by atomic mass is 16.3. The van der Waals surface area contributed by atoms with Crippen LogP contribution in [0.3, 0.4) is 0 Å². The van der Waals surface area contributed by atoms with E-state index >= 15 is 0 Å². The number of para-hydroxylation sites is 1. The van der Waals surface area contributed by atoms with Gasteiger partial charge in [-0.1, -0.05) is 12.1 Å². The lowest BCUT2D eigenvalue weighted by Gasteiger charge is -1.91. The topological polar surface area (TPSA) is 63.0 Å². The van der Waals surface area contributed by atoms with E-state index in [1.165, 1.54) is 0 Å². The van der Waals surface area contributed by atoms with Gasteiger partial charge in [-0.2, -0.15) is 5.26 Å². The lowest BCUT2D eigenvalue weighted by molar-refractivity contribution is 0.668. The van der Waals surface area contributed by atoms with Gasteiger partial charge in [0.05, 0.1) is 5.56 Å². The van der Waals surface area contributed by atoms with Gasteiger partial charge in [-0.05, 0) is 18.2 Å². The van der Waals surface area contributed by atoms with Crippen molar-refractivity contribution in [1.82, 2.24) is 0 Å². The number of nitriles is 1. The fraction of sp³-hybridized carbons (Fsp3) is 0. The maximum Gasteiger partial charge on any atom is 0.153 e. The molecule has 2 aromatic carbocycles. The van der Waals surface area contributed by atoms with E-state index in [1.54, 1.807) is 12.1 Å². The number of hydrogen-bond donors (Lipinski definition) is 1. The summed E-state index contributed by atoms with van der Waals surface area (Å²) in [6, 6.07) is 13.2. The highest BCUT2D eigenvalue weighted by Gasteiger charge is 2.09. The molecule has 3 aromatic rings. The number of nitrogens with zero attached hydrogens (tertiary/aromatic N) is 1. The first-order valence-corrected chi connectivity index (χ1v) is 4.90. The summed E-state index contributed by atoms with van der Waals surface area (Å²) in [5.41, 5.74) is 8.25. The second-order valence-electron chi connectivity index (χ2n) is 3.65. The zero-order chi connectivity index (χ0) is 11.1. The molecule has 3 nitrogen and oxygen atoms in total. The average molecular weight is 208 g/mol. The van der Waals surface area contributed by atoms with Crippen LogP contribution in [0.4, 0.5) is 5.69 Å². The Morgan fingerprint density at radius 2 is 2.00 bits per heavy atom. The van der Waals surface area contributed by atoms with Crippen molar-refractivity contribution in [3.8, 4) is 6.07 Å². The molecule has 0 bridgehead atoms. The largest absolute Gasteiger partial charge is 0.455 e. The smallest absolute Gasteiger partial charge is 0.153 e. The van der Waals surface area contributed by atoms with Crippen molar-refractivity contribution in [3.63, 3.8) is 0 Å². The van der Waals surface area contributed by atoms with Crippen molar-refractivity contribution < 1.29 is 4.42 Å². The molecule has 16 heavy (non-hydrogen) atoms. The van der Waals surface area contributed by atoms with E-state index in [-0.39, 0.29) is 0 Å². The number of benzene rings is 2. The number of rotatable bonds is 0. The van der Waals surface area contributed by atoms with Gasteiger partial charge in [0.1, 0.15) is 11.7 Å². The molecule has 1 aromatic heterocycles. The molecule has 0 aliphatic rings. The van der Waals surface area contributed by atoms with Crippen LogP contribution in [0.15, 0.2) is 40.8 Å². The normalized spacial score (nSPS) is 10.7. The quantitative estimate of drug-likeness (QED) is 0.577. The van der Waals surface area contributed by atoms with Crippen LogP contribution in [-0.2, 0) is 0 Å². The standard InChI is InChI=1S/C13H8N2O/c14-7-8-2-1-3-11-10-5-4-9(15)6-12(10)16-13(8)11/h1-6H,15H2. The first-order valence-electron chi connectivity index (χ1n) is 4.90. The molecule has 0 fully saturated rings. The van der Waals surface area contributed by atoms with Crippen molar-refractivity contribution in [2.75, 3.05) is 5.73 Å². The van der Waals surface area contributed by atoms with Crippen molar-refractivity contribution in [3.05, 3.63) is 42.0 Å². The van der Waals surface area contributed by atoms with E-state index in [4.69, 9.17) is 15.4 Å². The third-order valence-corrected chi connectivity index (χ3v) is 2.64. The Balaban J connectivity index is 2.56. The Bertz CT molecular complexity index is 735. The number of hydrogen-bond acceptors (Lipinski definition) is 3. The van der Waals surface area contributed by atoms with E-state index in [0.717, 1.165) is 16.4 Å². The Morgan fingerprint density at radius 3 is 2.81 bits per heavy atom. The maximum absolute atomic E-state index is 8.98. The van der Waals surface area contributed by atoms with Crippen molar-refractivity contribution in [2.24, 2.45) is 0 Å². The van der Waals surface area contributed by atoms with Crippen molar-refractivity contribution >= 4 is 27.6 Å². The highest BCUT2D eigenvalue weighted by molar-refractivity contribution is 6.07. The number of furan rings is 1. The Kier molecular flexibility index (Phi) is 1.66. The number of anilines is 1. The van der Waals surface area contributed by atoms with Crippen LogP contribution in [0.1, 0.15) is 5.56 Å². The summed E-state index contributed by atoms with van der Waals surface area (Å²) in [5.74, 6) is 0. The van der Waals surface area contributed by atoms with E-state index in [2.05, 4.69) is 6.07 Å². The van der Waals surface area contributed by atoms with Gasteiger partial charge >= 0.3 is 0 Å². The average Bonchev–Trinajstić information content (AvgIpc) is 2.65. The van der Waals surface area contributed by atoms with Crippen LogP contribution in [0, 0.1) is 11.3 Å². The Morgan fingerprint density at radius 1 is 1.12 bits per heavy atom. The lowest BCUT2D eigenvalue weighted by atomic mass is 10.1. The van der Waals surface area contributed by atoms with Crippen molar-refractivity contribution in [1.29, 1.82) is 5.26 Å². The lowest BCUT2D eigenvalue weighted by Crippen LogP contribution is -1.81. The van der Waals surface area contributed by atoms with Crippen LogP contribution >= 0.6 is 0 Å². The van der Waals surface area contributed by atoms with Gasteiger partial charge in [-0.25, -0.2) is 0 Å². The monoisotopic (exact) mass is 208 g/mol. The third kappa shape index (κ3) is 1.07. The molecule has 0 radical (unpaired) electrons. The summed E-state index contributed by atoms with van der Waals surface area (Å²) in [4.78, 5) is 0. The Labute approximate surface area is 91.7 Å². The molecule has 0 atom stereocenters. The van der Waals surface area contributed by atoms with Crippen LogP contribution in [0.25, 0.3) is 21.9 Å². The molecule has 0 aliphatic carbocycles. The first kappa shape index (κ1) is 8.81. The molecule has 0 saturated heterocycles. The number of fused-ring (bicyclic) bond motifs is 3. The molecule has 0 saturated carbocycles. The first-order chi connectivity index (χ1) is 7.79. The summed E-state index contributed by atoms with van der Waals surface area (Å²) in [6.07, 6.45) is 0. The molecule has 0 amide bonds. The zero-order valence-electron chi connectivity index (χ0n) is 8.40. The molecule has 0 unspecified atom stereocenters. The molecule has 0 spiro atoms.